The van der Waals surface area contributed by atoms with Gasteiger partial charge in [-0.05, 0) is 43.3 Å². The number of aryl methyl sites for hydroxylation is 1. The molecular weight excluding hydrogens is 414 g/mol. The lowest BCUT2D eigenvalue weighted by molar-refractivity contribution is -0.121. The highest BCUT2D eigenvalue weighted by atomic mass is 35.5. The molecule has 0 spiro atoms. The number of furan rings is 1. The van der Waals surface area contributed by atoms with E-state index >= 15 is 0 Å². The Hall–Kier alpha value is -3.10. The number of amides is 1. The highest BCUT2D eigenvalue weighted by Crippen LogP contribution is 2.22. The fourth-order valence-corrected chi connectivity index (χ4v) is 4.23. The van der Waals surface area contributed by atoms with Crippen LogP contribution < -0.4 is 16.6 Å². The highest BCUT2D eigenvalue weighted by molar-refractivity contribution is 7.18. The lowest BCUT2D eigenvalue weighted by Crippen LogP contribution is -2.41. The van der Waals surface area contributed by atoms with Gasteiger partial charge in [0.05, 0.1) is 23.9 Å². The quantitative estimate of drug-likeness (QED) is 0.528. The molecule has 7 nitrogen and oxygen atoms in total. The van der Waals surface area contributed by atoms with E-state index in [0.29, 0.717) is 26.7 Å². The fraction of sp³-hybridized carbons (Fsp3) is 0.150. The number of carbonyl (C=O) groups is 1. The van der Waals surface area contributed by atoms with E-state index < -0.39 is 11.2 Å². The average molecular weight is 430 g/mol. The van der Waals surface area contributed by atoms with E-state index in [0.717, 1.165) is 9.44 Å². The molecule has 0 bridgehead atoms. The van der Waals surface area contributed by atoms with Gasteiger partial charge < -0.3 is 9.73 Å². The van der Waals surface area contributed by atoms with Crippen LogP contribution in [-0.2, 0) is 17.9 Å². The Morgan fingerprint density at radius 3 is 2.76 bits per heavy atom. The molecule has 0 aliphatic carbocycles. The molecule has 0 atom stereocenters. The first kappa shape index (κ1) is 19.2. The van der Waals surface area contributed by atoms with Gasteiger partial charge in [-0.25, -0.2) is 9.36 Å². The maximum absolute atomic E-state index is 13.2. The summed E-state index contributed by atoms with van der Waals surface area (Å²) in [5.41, 5.74) is -0.688. The van der Waals surface area contributed by atoms with Crippen LogP contribution in [0.5, 0.6) is 0 Å². The zero-order chi connectivity index (χ0) is 20.5. The number of benzene rings is 1. The van der Waals surface area contributed by atoms with Crippen molar-refractivity contribution in [1.29, 1.82) is 0 Å². The summed E-state index contributed by atoms with van der Waals surface area (Å²) in [5, 5.41) is 3.50. The molecule has 4 rings (SSSR count). The summed E-state index contributed by atoms with van der Waals surface area (Å²) in [4.78, 5) is 40.0. The van der Waals surface area contributed by atoms with Gasteiger partial charge in [0.2, 0.25) is 5.91 Å². The summed E-state index contributed by atoms with van der Waals surface area (Å²) in [7, 11) is 0. The van der Waals surface area contributed by atoms with E-state index in [4.69, 9.17) is 16.0 Å². The molecule has 0 fully saturated rings. The number of rotatable bonds is 5. The molecule has 0 saturated carbocycles. The Kier molecular flexibility index (Phi) is 5.12. The van der Waals surface area contributed by atoms with Crippen molar-refractivity contribution in [3.05, 3.63) is 85.2 Å². The van der Waals surface area contributed by atoms with Crippen LogP contribution in [-0.4, -0.2) is 15.0 Å². The number of halogens is 1. The summed E-state index contributed by atoms with van der Waals surface area (Å²) in [6, 6.07) is 11.7. The normalized spacial score (nSPS) is 11.1. The third-order valence-electron chi connectivity index (χ3n) is 4.34. The molecular formula is C20H16ClN3O4S. The number of aromatic nitrogens is 2. The number of nitrogens with one attached hydrogen (secondary N) is 1. The van der Waals surface area contributed by atoms with Crippen molar-refractivity contribution in [3.63, 3.8) is 0 Å². The van der Waals surface area contributed by atoms with Crippen molar-refractivity contribution in [3.8, 4) is 5.69 Å². The van der Waals surface area contributed by atoms with Crippen LogP contribution in [0.4, 0.5) is 0 Å². The molecule has 1 N–H and O–H groups in total. The second kappa shape index (κ2) is 7.73. The monoisotopic (exact) mass is 429 g/mol. The summed E-state index contributed by atoms with van der Waals surface area (Å²) < 4.78 is 7.55. The standard InChI is InChI=1S/C20H16ClN3O4S/c1-12-8-16-18(26)24(14-5-2-4-13(21)9-14)20(27)23(19(16)29-12)11-17(25)22-10-15-6-3-7-28-15/h2-9H,10-11H2,1H3,(H,22,25). The Morgan fingerprint density at radius 2 is 2.03 bits per heavy atom. The summed E-state index contributed by atoms with van der Waals surface area (Å²) in [6.07, 6.45) is 1.52. The summed E-state index contributed by atoms with van der Waals surface area (Å²) in [6.45, 7) is 1.83. The number of carbonyl (C=O) groups excluding carboxylic acids is 1. The molecule has 1 aromatic carbocycles. The van der Waals surface area contributed by atoms with E-state index in [-0.39, 0.29) is 19.0 Å². The molecule has 3 aromatic heterocycles. The van der Waals surface area contributed by atoms with E-state index in [1.807, 2.05) is 6.92 Å². The Morgan fingerprint density at radius 1 is 1.21 bits per heavy atom. The molecule has 29 heavy (non-hydrogen) atoms. The number of hydrogen-bond acceptors (Lipinski definition) is 5. The lowest BCUT2D eigenvalue weighted by atomic mass is 10.3. The van der Waals surface area contributed by atoms with Gasteiger partial charge in [0.25, 0.3) is 5.56 Å². The minimum absolute atomic E-state index is 0.209. The van der Waals surface area contributed by atoms with Crippen LogP contribution in [0.3, 0.4) is 0 Å². The van der Waals surface area contributed by atoms with Crippen LogP contribution >= 0.6 is 22.9 Å². The first-order chi connectivity index (χ1) is 13.9. The molecule has 148 valence electrons. The van der Waals surface area contributed by atoms with Gasteiger partial charge in [0, 0.05) is 9.90 Å². The Balaban J connectivity index is 1.79. The SMILES string of the molecule is Cc1cc2c(=O)n(-c3cccc(Cl)c3)c(=O)n(CC(=O)NCc3ccco3)c2s1. The molecule has 9 heteroatoms. The van der Waals surface area contributed by atoms with Gasteiger partial charge in [0.15, 0.2) is 0 Å². The second-order valence-corrected chi connectivity index (χ2v) is 8.09. The van der Waals surface area contributed by atoms with Crippen LogP contribution in [0.25, 0.3) is 15.9 Å². The van der Waals surface area contributed by atoms with Gasteiger partial charge in [-0.3, -0.25) is 14.2 Å². The van der Waals surface area contributed by atoms with Crippen molar-refractivity contribution in [2.24, 2.45) is 0 Å². The van der Waals surface area contributed by atoms with Gasteiger partial charge in [-0.15, -0.1) is 11.3 Å². The first-order valence-corrected chi connectivity index (χ1v) is 9.94. The predicted molar refractivity (Wildman–Crippen MR) is 112 cm³/mol. The van der Waals surface area contributed by atoms with Crippen LogP contribution in [0.15, 0.2) is 62.7 Å². The second-order valence-electron chi connectivity index (χ2n) is 6.42. The molecule has 0 unspecified atom stereocenters. The van der Waals surface area contributed by atoms with E-state index in [1.165, 1.54) is 28.2 Å². The van der Waals surface area contributed by atoms with Crippen molar-refractivity contribution >= 4 is 39.1 Å². The zero-order valence-electron chi connectivity index (χ0n) is 15.3. The first-order valence-electron chi connectivity index (χ1n) is 8.75. The van der Waals surface area contributed by atoms with E-state index in [1.54, 1.807) is 36.4 Å². The third kappa shape index (κ3) is 3.76. The third-order valence-corrected chi connectivity index (χ3v) is 5.65. The van der Waals surface area contributed by atoms with Gasteiger partial charge in [-0.1, -0.05) is 17.7 Å². The van der Waals surface area contributed by atoms with E-state index in [2.05, 4.69) is 5.32 Å². The highest BCUT2D eigenvalue weighted by Gasteiger charge is 2.18. The fourth-order valence-electron chi connectivity index (χ4n) is 3.05. The topological polar surface area (TPSA) is 86.2 Å². The zero-order valence-corrected chi connectivity index (χ0v) is 16.9. The molecule has 4 aromatic rings. The number of thiophene rings is 1. The molecule has 1 amide bonds. The van der Waals surface area contributed by atoms with Crippen molar-refractivity contribution in [2.45, 2.75) is 20.0 Å². The Bertz CT molecular complexity index is 1320. The number of hydrogen-bond donors (Lipinski definition) is 1. The van der Waals surface area contributed by atoms with Crippen LogP contribution in [0.1, 0.15) is 10.6 Å². The smallest absolute Gasteiger partial charge is 0.337 e. The molecule has 0 radical (unpaired) electrons. The maximum atomic E-state index is 13.2. The van der Waals surface area contributed by atoms with Crippen molar-refractivity contribution in [1.82, 2.24) is 14.5 Å². The number of fused-ring (bicyclic) bond motifs is 1. The maximum Gasteiger partial charge on any atom is 0.337 e. The van der Waals surface area contributed by atoms with Gasteiger partial charge in [0.1, 0.15) is 17.1 Å². The molecule has 0 saturated heterocycles. The van der Waals surface area contributed by atoms with Crippen LogP contribution in [0.2, 0.25) is 5.02 Å². The largest absolute Gasteiger partial charge is 0.467 e. The van der Waals surface area contributed by atoms with Crippen LogP contribution in [0, 0.1) is 6.92 Å². The van der Waals surface area contributed by atoms with Crippen molar-refractivity contribution in [2.75, 3.05) is 0 Å². The van der Waals surface area contributed by atoms with E-state index in [9.17, 15) is 14.4 Å². The predicted octanol–water partition coefficient (Wildman–Crippen LogP) is 3.09. The summed E-state index contributed by atoms with van der Waals surface area (Å²) in [5.74, 6) is 0.235. The molecule has 3 heterocycles. The Labute approximate surface area is 173 Å². The lowest BCUT2D eigenvalue weighted by Gasteiger charge is -2.12. The average Bonchev–Trinajstić information content (AvgIpc) is 3.33. The number of nitrogens with zero attached hydrogens (tertiary/aromatic N) is 2. The minimum atomic E-state index is -0.597. The van der Waals surface area contributed by atoms with Crippen molar-refractivity contribution < 1.29 is 9.21 Å². The molecule has 0 aliphatic rings. The minimum Gasteiger partial charge on any atom is -0.467 e. The van der Waals surface area contributed by atoms with Gasteiger partial charge in [-0.2, -0.15) is 0 Å². The molecule has 0 aliphatic heterocycles. The summed E-state index contributed by atoms with van der Waals surface area (Å²) >= 11 is 7.34. The van der Waals surface area contributed by atoms with Gasteiger partial charge >= 0.3 is 5.69 Å².